The van der Waals surface area contributed by atoms with E-state index in [-0.39, 0.29) is 0 Å². The van der Waals surface area contributed by atoms with Gasteiger partial charge in [0.2, 0.25) is 0 Å². The van der Waals surface area contributed by atoms with Gasteiger partial charge < -0.3 is 0 Å². The summed E-state index contributed by atoms with van der Waals surface area (Å²) in [6.07, 6.45) is 2.15. The zero-order valence-electron chi connectivity index (χ0n) is 9.56. The van der Waals surface area contributed by atoms with Crippen LogP contribution in [0.3, 0.4) is 0 Å². The molecule has 2 aromatic rings. The van der Waals surface area contributed by atoms with Crippen LogP contribution < -0.4 is 4.46 Å². The van der Waals surface area contributed by atoms with Gasteiger partial charge in [-0.2, -0.15) is 0 Å². The Morgan fingerprint density at radius 3 is 2.24 bits per heavy atom. The number of aryl methyl sites for hydroxylation is 1. The third-order valence-electron chi connectivity index (χ3n) is 2.36. The van der Waals surface area contributed by atoms with E-state index in [0.717, 1.165) is 5.02 Å². The number of rotatable bonds is 3. The molecule has 0 saturated carbocycles. The van der Waals surface area contributed by atoms with Crippen molar-refractivity contribution in [1.29, 1.82) is 0 Å². The average Bonchev–Trinajstić information content (AvgIpc) is 2.34. The third kappa shape index (κ3) is 4.05. The molecule has 0 spiro atoms. The maximum atomic E-state index is 5.84. The standard InChI is InChI=1S/C15H13ClSe/c1-12-2-8-15(9-3-12)17-11-10-13-4-6-14(16)7-5-13/h2-11H,1H3/b11-10+. The SMILES string of the molecule is Cc1ccc([Se]/C=C/c2ccc(Cl)cc2)cc1. The molecule has 0 fully saturated rings. The van der Waals surface area contributed by atoms with Gasteiger partial charge in [0.25, 0.3) is 0 Å². The predicted molar refractivity (Wildman–Crippen MR) is 77.1 cm³/mol. The Morgan fingerprint density at radius 2 is 1.59 bits per heavy atom. The molecule has 0 nitrogen and oxygen atoms in total. The van der Waals surface area contributed by atoms with Crippen LogP contribution in [0.2, 0.25) is 5.02 Å². The summed E-state index contributed by atoms with van der Waals surface area (Å²) in [5.74, 6) is 0. The molecule has 0 N–H and O–H groups in total. The van der Waals surface area contributed by atoms with E-state index < -0.39 is 0 Å². The Balaban J connectivity index is 1.97. The number of hydrogen-bond acceptors (Lipinski definition) is 0. The monoisotopic (exact) mass is 308 g/mol. The van der Waals surface area contributed by atoms with Crippen molar-refractivity contribution in [3.63, 3.8) is 0 Å². The normalized spacial score (nSPS) is 10.9. The molecule has 0 amide bonds. The molecule has 2 rings (SSSR count). The second-order valence-electron chi connectivity index (χ2n) is 3.79. The Morgan fingerprint density at radius 1 is 0.941 bits per heavy atom. The number of hydrogen-bond donors (Lipinski definition) is 0. The van der Waals surface area contributed by atoms with Gasteiger partial charge in [-0.15, -0.1) is 0 Å². The molecule has 0 aliphatic carbocycles. The van der Waals surface area contributed by atoms with Crippen LogP contribution in [0.25, 0.3) is 6.08 Å². The zero-order valence-corrected chi connectivity index (χ0v) is 12.0. The van der Waals surface area contributed by atoms with Crippen LogP contribution in [0.5, 0.6) is 0 Å². The molecular formula is C15H13ClSe. The molecule has 0 aromatic heterocycles. The van der Waals surface area contributed by atoms with Gasteiger partial charge in [-0.3, -0.25) is 0 Å². The zero-order chi connectivity index (χ0) is 12.1. The van der Waals surface area contributed by atoms with Crippen molar-refractivity contribution in [2.45, 2.75) is 6.92 Å². The molecule has 2 aromatic carbocycles. The van der Waals surface area contributed by atoms with Crippen molar-refractivity contribution in [3.05, 3.63) is 69.7 Å². The second-order valence-corrected chi connectivity index (χ2v) is 6.28. The van der Waals surface area contributed by atoms with Crippen LogP contribution in [0.15, 0.2) is 53.5 Å². The van der Waals surface area contributed by atoms with Crippen molar-refractivity contribution >= 4 is 37.1 Å². The summed E-state index contributed by atoms with van der Waals surface area (Å²) < 4.78 is 1.40. The molecular weight excluding hydrogens is 295 g/mol. The van der Waals surface area contributed by atoms with E-state index in [9.17, 15) is 0 Å². The van der Waals surface area contributed by atoms with Gasteiger partial charge in [0, 0.05) is 0 Å². The molecule has 0 atom stereocenters. The summed E-state index contributed by atoms with van der Waals surface area (Å²) in [7, 11) is 0. The minimum absolute atomic E-state index is 0.396. The summed E-state index contributed by atoms with van der Waals surface area (Å²) >= 11 is 6.23. The Labute approximate surface area is 113 Å². The summed E-state index contributed by atoms with van der Waals surface area (Å²) in [6.45, 7) is 2.11. The van der Waals surface area contributed by atoms with Crippen LogP contribution in [-0.2, 0) is 0 Å². The molecule has 0 radical (unpaired) electrons. The van der Waals surface area contributed by atoms with Crippen molar-refractivity contribution < 1.29 is 0 Å². The summed E-state index contributed by atoms with van der Waals surface area (Å²) in [6, 6.07) is 16.6. The van der Waals surface area contributed by atoms with E-state index in [1.807, 2.05) is 24.3 Å². The first-order valence-corrected chi connectivity index (χ1v) is 7.62. The first-order valence-electron chi connectivity index (χ1n) is 5.39. The van der Waals surface area contributed by atoms with Crippen molar-refractivity contribution in [2.24, 2.45) is 0 Å². The average molecular weight is 308 g/mol. The fraction of sp³-hybridized carbons (Fsp3) is 0.0667. The Hall–Kier alpha value is -1.01. The molecule has 86 valence electrons. The van der Waals surface area contributed by atoms with E-state index in [1.165, 1.54) is 15.6 Å². The topological polar surface area (TPSA) is 0 Å². The Kier molecular flexibility index (Phi) is 4.44. The first kappa shape index (κ1) is 12.4. The number of benzene rings is 2. The molecule has 0 unspecified atom stereocenters. The van der Waals surface area contributed by atoms with Crippen LogP contribution in [0, 0.1) is 6.92 Å². The number of halogens is 1. The van der Waals surface area contributed by atoms with Crippen LogP contribution >= 0.6 is 11.6 Å². The maximum absolute atomic E-state index is 5.84. The minimum atomic E-state index is 0.396. The molecule has 2 heteroatoms. The van der Waals surface area contributed by atoms with Gasteiger partial charge in [0.05, 0.1) is 0 Å². The fourth-order valence-corrected chi connectivity index (χ4v) is 2.93. The summed E-state index contributed by atoms with van der Waals surface area (Å²) in [5, 5.41) is 0.784. The molecule has 0 bridgehead atoms. The van der Waals surface area contributed by atoms with E-state index >= 15 is 0 Å². The molecule has 0 saturated heterocycles. The van der Waals surface area contributed by atoms with E-state index in [4.69, 9.17) is 11.6 Å². The first-order chi connectivity index (χ1) is 8.24. The van der Waals surface area contributed by atoms with E-state index in [0.29, 0.717) is 15.0 Å². The quantitative estimate of drug-likeness (QED) is 0.759. The summed E-state index contributed by atoms with van der Waals surface area (Å²) in [4.78, 5) is 2.24. The van der Waals surface area contributed by atoms with Crippen molar-refractivity contribution in [3.8, 4) is 0 Å². The second kappa shape index (κ2) is 6.07. The summed E-state index contributed by atoms with van der Waals surface area (Å²) in [5.41, 5.74) is 2.51. The van der Waals surface area contributed by atoms with Gasteiger partial charge in [0.15, 0.2) is 0 Å². The molecule has 0 aliphatic heterocycles. The Bertz CT molecular complexity index is 497. The molecule has 17 heavy (non-hydrogen) atoms. The van der Waals surface area contributed by atoms with E-state index in [1.54, 1.807) is 0 Å². The third-order valence-corrected chi connectivity index (χ3v) is 4.32. The van der Waals surface area contributed by atoms with Gasteiger partial charge in [-0.1, -0.05) is 0 Å². The van der Waals surface area contributed by atoms with Crippen molar-refractivity contribution in [2.75, 3.05) is 0 Å². The molecule has 0 aliphatic rings. The van der Waals surface area contributed by atoms with Crippen molar-refractivity contribution in [1.82, 2.24) is 0 Å². The van der Waals surface area contributed by atoms with Crippen LogP contribution in [-0.4, -0.2) is 15.0 Å². The van der Waals surface area contributed by atoms with Gasteiger partial charge >= 0.3 is 114 Å². The van der Waals surface area contributed by atoms with Gasteiger partial charge in [-0.25, -0.2) is 0 Å². The fourth-order valence-electron chi connectivity index (χ4n) is 1.38. The van der Waals surface area contributed by atoms with Crippen LogP contribution in [0.4, 0.5) is 0 Å². The van der Waals surface area contributed by atoms with Gasteiger partial charge in [0.1, 0.15) is 0 Å². The van der Waals surface area contributed by atoms with Crippen LogP contribution in [0.1, 0.15) is 11.1 Å². The van der Waals surface area contributed by atoms with Gasteiger partial charge in [-0.05, 0) is 0 Å². The predicted octanol–water partition coefficient (Wildman–Crippen LogP) is 3.65. The van der Waals surface area contributed by atoms with E-state index in [2.05, 4.69) is 42.2 Å². The molecule has 0 heterocycles.